The number of aromatic nitrogens is 3. The van der Waals surface area contributed by atoms with E-state index in [9.17, 15) is 0 Å². The Kier molecular flexibility index (Phi) is 2.68. The monoisotopic (exact) mass is 244 g/mol. The van der Waals surface area contributed by atoms with Gasteiger partial charge in [-0.1, -0.05) is 0 Å². The maximum atomic E-state index is 5.20. The van der Waals surface area contributed by atoms with Crippen molar-refractivity contribution < 1.29 is 4.74 Å². The van der Waals surface area contributed by atoms with Crippen molar-refractivity contribution in [1.82, 2.24) is 19.7 Å². The molecule has 1 aromatic carbocycles. The first-order chi connectivity index (χ1) is 8.81. The largest absolute Gasteiger partial charge is 0.497 e. The summed E-state index contributed by atoms with van der Waals surface area (Å²) in [6.07, 6.45) is 3.08. The molecule has 2 N–H and O–H groups in total. The molecule has 0 amide bonds. The number of aromatic amines is 1. The molecule has 0 saturated heterocycles. The van der Waals surface area contributed by atoms with Crippen LogP contribution < -0.4 is 10.1 Å². The molecular weight excluding hydrogens is 228 g/mol. The summed E-state index contributed by atoms with van der Waals surface area (Å²) in [6, 6.07) is 5.93. The smallest absolute Gasteiger partial charge is 0.212 e. The molecule has 3 aromatic rings. The molecule has 5 nitrogen and oxygen atoms in total. The zero-order valence-corrected chi connectivity index (χ0v) is 10.5. The van der Waals surface area contributed by atoms with Crippen LogP contribution in [0.25, 0.3) is 16.8 Å². The number of H-pyrrole nitrogens is 1. The zero-order chi connectivity index (χ0) is 12.5. The zero-order valence-electron chi connectivity index (χ0n) is 10.5. The van der Waals surface area contributed by atoms with Crippen molar-refractivity contribution in [1.29, 1.82) is 0 Å². The number of imidazole rings is 2. The van der Waals surface area contributed by atoms with Gasteiger partial charge in [-0.2, -0.15) is 0 Å². The summed E-state index contributed by atoms with van der Waals surface area (Å²) in [5.74, 6) is 1.71. The number of rotatable bonds is 4. The Morgan fingerprint density at radius 2 is 2.33 bits per heavy atom. The second kappa shape index (κ2) is 4.34. The molecule has 0 spiro atoms. The van der Waals surface area contributed by atoms with Crippen LogP contribution in [0.2, 0.25) is 0 Å². The summed E-state index contributed by atoms with van der Waals surface area (Å²) in [5, 5.41) is 3.14. The first kappa shape index (κ1) is 11.1. The van der Waals surface area contributed by atoms with Crippen LogP contribution in [0.15, 0.2) is 24.4 Å². The van der Waals surface area contributed by atoms with Gasteiger partial charge in [0.15, 0.2) is 0 Å². The lowest BCUT2D eigenvalue weighted by molar-refractivity contribution is 0.415. The maximum absolute atomic E-state index is 5.20. The normalized spacial score (nSPS) is 11.4. The van der Waals surface area contributed by atoms with Crippen molar-refractivity contribution in [3.8, 4) is 5.75 Å². The molecule has 0 aliphatic heterocycles. The highest BCUT2D eigenvalue weighted by atomic mass is 16.5. The van der Waals surface area contributed by atoms with Crippen molar-refractivity contribution in [3.05, 3.63) is 30.1 Å². The van der Waals surface area contributed by atoms with Crippen molar-refractivity contribution in [2.75, 3.05) is 20.7 Å². The quantitative estimate of drug-likeness (QED) is 0.732. The predicted molar refractivity (Wildman–Crippen MR) is 71.2 cm³/mol. The molecule has 0 atom stereocenters. The fourth-order valence-corrected chi connectivity index (χ4v) is 2.14. The molecule has 3 rings (SSSR count). The molecule has 0 aliphatic rings. The van der Waals surface area contributed by atoms with E-state index in [1.807, 2.05) is 25.2 Å². The fourth-order valence-electron chi connectivity index (χ4n) is 2.14. The van der Waals surface area contributed by atoms with Crippen LogP contribution in [0.4, 0.5) is 0 Å². The molecule has 0 bridgehead atoms. The Hall–Kier alpha value is -2.01. The van der Waals surface area contributed by atoms with E-state index in [0.29, 0.717) is 0 Å². The predicted octanol–water partition coefficient (Wildman–Crippen LogP) is 1.59. The van der Waals surface area contributed by atoms with Gasteiger partial charge in [0.25, 0.3) is 0 Å². The molecule has 18 heavy (non-hydrogen) atoms. The van der Waals surface area contributed by atoms with E-state index in [0.717, 1.165) is 35.5 Å². The second-order valence-corrected chi connectivity index (χ2v) is 4.29. The molecule has 0 saturated carbocycles. The lowest BCUT2D eigenvalue weighted by atomic mass is 10.3. The average molecular weight is 244 g/mol. The minimum absolute atomic E-state index is 0.832. The molecule has 0 unspecified atom stereocenters. The molecule has 5 heteroatoms. The van der Waals surface area contributed by atoms with E-state index in [-0.39, 0.29) is 0 Å². The number of ether oxygens (including phenoxy) is 1. The summed E-state index contributed by atoms with van der Waals surface area (Å²) in [6.45, 7) is 0.954. The van der Waals surface area contributed by atoms with Gasteiger partial charge in [0.1, 0.15) is 5.75 Å². The standard InChI is InChI=1S/C13H16N4O/c1-14-6-5-9-8-17-12-4-3-10(18-2)7-11(12)16-13(17)15-9/h3-4,7-8,14H,5-6H2,1-2H3,(H,15,16). The molecule has 94 valence electrons. The molecule has 2 heterocycles. The summed E-state index contributed by atoms with van der Waals surface area (Å²) >= 11 is 0. The number of benzene rings is 1. The van der Waals surface area contributed by atoms with Crippen LogP contribution in [0, 0.1) is 0 Å². The first-order valence-corrected chi connectivity index (χ1v) is 6.00. The topological polar surface area (TPSA) is 54.4 Å². The van der Waals surface area contributed by atoms with Crippen LogP contribution in [-0.4, -0.2) is 35.1 Å². The molecule has 0 radical (unpaired) electrons. The third-order valence-electron chi connectivity index (χ3n) is 3.10. The van der Waals surface area contributed by atoms with Crippen molar-refractivity contribution >= 4 is 16.8 Å². The summed E-state index contributed by atoms with van der Waals surface area (Å²) in [7, 11) is 3.62. The van der Waals surface area contributed by atoms with Gasteiger partial charge in [0, 0.05) is 30.9 Å². The third kappa shape index (κ3) is 1.73. The van der Waals surface area contributed by atoms with E-state index in [1.54, 1.807) is 7.11 Å². The van der Waals surface area contributed by atoms with Crippen LogP contribution in [-0.2, 0) is 6.42 Å². The average Bonchev–Trinajstić information content (AvgIpc) is 2.92. The van der Waals surface area contributed by atoms with Crippen LogP contribution in [0.5, 0.6) is 5.75 Å². The van der Waals surface area contributed by atoms with Crippen LogP contribution >= 0.6 is 0 Å². The number of likely N-dealkylation sites (N-methyl/N-ethyl adjacent to an activating group) is 1. The Bertz CT molecular complexity index is 683. The van der Waals surface area contributed by atoms with Gasteiger partial charge in [0.2, 0.25) is 5.78 Å². The summed E-state index contributed by atoms with van der Waals surface area (Å²) in [5.41, 5.74) is 3.23. The number of nitrogens with zero attached hydrogens (tertiary/aromatic N) is 2. The summed E-state index contributed by atoms with van der Waals surface area (Å²) < 4.78 is 7.29. The second-order valence-electron chi connectivity index (χ2n) is 4.29. The Labute approximate surface area is 105 Å². The van der Waals surface area contributed by atoms with Gasteiger partial charge in [0.05, 0.1) is 18.1 Å². The minimum atomic E-state index is 0.832. The molecule has 0 aliphatic carbocycles. The highest BCUT2D eigenvalue weighted by molar-refractivity contribution is 5.81. The maximum Gasteiger partial charge on any atom is 0.212 e. The molecular formula is C13H16N4O. The first-order valence-electron chi connectivity index (χ1n) is 6.00. The van der Waals surface area contributed by atoms with Gasteiger partial charge in [-0.15, -0.1) is 0 Å². The number of hydrogen-bond donors (Lipinski definition) is 2. The van der Waals surface area contributed by atoms with Crippen molar-refractivity contribution in [3.63, 3.8) is 0 Å². The number of fused-ring (bicyclic) bond motifs is 3. The van der Waals surface area contributed by atoms with Crippen molar-refractivity contribution in [2.24, 2.45) is 0 Å². The van der Waals surface area contributed by atoms with Gasteiger partial charge >= 0.3 is 0 Å². The van der Waals surface area contributed by atoms with Gasteiger partial charge in [-0.25, -0.2) is 4.98 Å². The van der Waals surface area contributed by atoms with Gasteiger partial charge in [-0.05, 0) is 19.2 Å². The lowest BCUT2D eigenvalue weighted by Gasteiger charge is -1.98. The molecule has 0 fully saturated rings. The highest BCUT2D eigenvalue weighted by Crippen LogP contribution is 2.21. The van der Waals surface area contributed by atoms with Crippen LogP contribution in [0.1, 0.15) is 5.69 Å². The SMILES string of the molecule is CNCCc1cn2c(nc3cc(OC)ccc32)[nH]1. The van der Waals surface area contributed by atoms with E-state index >= 15 is 0 Å². The van der Waals surface area contributed by atoms with Crippen molar-refractivity contribution in [2.45, 2.75) is 6.42 Å². The number of hydrogen-bond acceptors (Lipinski definition) is 3. The fraction of sp³-hybridized carbons (Fsp3) is 0.308. The van der Waals surface area contributed by atoms with Gasteiger partial charge < -0.3 is 15.0 Å². The number of nitrogens with one attached hydrogen (secondary N) is 2. The lowest BCUT2D eigenvalue weighted by Crippen LogP contribution is -2.10. The van der Waals surface area contributed by atoms with E-state index in [2.05, 4.69) is 25.9 Å². The van der Waals surface area contributed by atoms with E-state index in [4.69, 9.17) is 4.74 Å². The third-order valence-corrected chi connectivity index (χ3v) is 3.10. The minimum Gasteiger partial charge on any atom is -0.497 e. The van der Waals surface area contributed by atoms with E-state index in [1.165, 1.54) is 5.69 Å². The Balaban J connectivity index is 2.07. The van der Waals surface area contributed by atoms with Crippen LogP contribution in [0.3, 0.4) is 0 Å². The summed E-state index contributed by atoms with van der Waals surface area (Å²) in [4.78, 5) is 7.89. The number of methoxy groups -OCH3 is 1. The Morgan fingerprint density at radius 3 is 3.11 bits per heavy atom. The molecule has 2 aromatic heterocycles. The highest BCUT2D eigenvalue weighted by Gasteiger charge is 2.08. The Morgan fingerprint density at radius 1 is 1.44 bits per heavy atom. The van der Waals surface area contributed by atoms with E-state index < -0.39 is 0 Å². The van der Waals surface area contributed by atoms with Gasteiger partial charge in [-0.3, -0.25) is 4.40 Å².